The summed E-state index contributed by atoms with van der Waals surface area (Å²) in [6, 6.07) is 14.0. The second kappa shape index (κ2) is 6.69. The third kappa shape index (κ3) is 3.34. The summed E-state index contributed by atoms with van der Waals surface area (Å²) >= 11 is 0. The van der Waals surface area contributed by atoms with Gasteiger partial charge >= 0.3 is 0 Å². The Morgan fingerprint density at radius 2 is 2.20 bits per heavy atom. The molecule has 0 radical (unpaired) electrons. The van der Waals surface area contributed by atoms with Gasteiger partial charge in [-0.2, -0.15) is 5.26 Å². The molecule has 1 atom stereocenters. The van der Waals surface area contributed by atoms with Gasteiger partial charge in [0.25, 0.3) is 0 Å². The van der Waals surface area contributed by atoms with Gasteiger partial charge in [0.05, 0.1) is 7.11 Å². The van der Waals surface area contributed by atoms with Gasteiger partial charge in [-0.1, -0.05) is 18.2 Å². The molecular weight excluding hydrogens is 250 g/mol. The number of aromatic nitrogens is 1. The molecule has 0 aliphatic rings. The van der Waals surface area contributed by atoms with E-state index < -0.39 is 0 Å². The van der Waals surface area contributed by atoms with Crippen LogP contribution >= 0.6 is 0 Å². The Morgan fingerprint density at radius 1 is 1.35 bits per heavy atom. The molecule has 0 spiro atoms. The molecule has 0 unspecified atom stereocenters. The summed E-state index contributed by atoms with van der Waals surface area (Å²) in [4.78, 5) is 4.05. The predicted molar refractivity (Wildman–Crippen MR) is 77.2 cm³/mol. The number of hydrogen-bond acceptors (Lipinski definition) is 4. The zero-order chi connectivity index (χ0) is 14.4. The van der Waals surface area contributed by atoms with E-state index in [-0.39, 0.29) is 6.04 Å². The number of ether oxygens (including phenoxy) is 1. The number of pyridine rings is 1. The van der Waals surface area contributed by atoms with Crippen molar-refractivity contribution in [3.8, 4) is 11.8 Å². The zero-order valence-electron chi connectivity index (χ0n) is 11.6. The molecule has 0 aliphatic carbocycles. The van der Waals surface area contributed by atoms with Crippen molar-refractivity contribution in [1.29, 1.82) is 5.26 Å². The van der Waals surface area contributed by atoms with E-state index in [1.54, 1.807) is 13.3 Å². The second-order valence-corrected chi connectivity index (χ2v) is 4.50. The number of methoxy groups -OCH3 is 1. The van der Waals surface area contributed by atoms with Crippen LogP contribution in [0.3, 0.4) is 0 Å². The molecule has 0 amide bonds. The maximum absolute atomic E-state index is 9.01. The number of hydrogen-bond donors (Lipinski definition) is 1. The minimum absolute atomic E-state index is 0.164. The minimum atomic E-state index is 0.164. The number of rotatable bonds is 5. The largest absolute Gasteiger partial charge is 0.497 e. The number of nitrogens with zero attached hydrogens (tertiary/aromatic N) is 2. The van der Waals surface area contributed by atoms with Crippen molar-refractivity contribution in [2.24, 2.45) is 0 Å². The molecule has 1 heterocycles. The zero-order valence-corrected chi connectivity index (χ0v) is 11.6. The van der Waals surface area contributed by atoms with Crippen molar-refractivity contribution in [2.45, 2.75) is 19.5 Å². The molecule has 0 saturated heterocycles. The predicted octanol–water partition coefficient (Wildman–Crippen LogP) is 2.81. The van der Waals surface area contributed by atoms with Crippen LogP contribution < -0.4 is 10.1 Å². The van der Waals surface area contributed by atoms with Crippen LogP contribution in [-0.2, 0) is 6.54 Å². The normalized spacial score (nSPS) is 11.7. The highest BCUT2D eigenvalue weighted by Crippen LogP contribution is 2.19. The molecule has 0 saturated carbocycles. The average molecular weight is 267 g/mol. The monoisotopic (exact) mass is 267 g/mol. The van der Waals surface area contributed by atoms with Gasteiger partial charge in [0.15, 0.2) is 0 Å². The Bertz CT molecular complexity index is 619. The first-order chi connectivity index (χ1) is 9.74. The van der Waals surface area contributed by atoms with Crippen molar-refractivity contribution < 1.29 is 4.74 Å². The van der Waals surface area contributed by atoms with E-state index >= 15 is 0 Å². The highest BCUT2D eigenvalue weighted by molar-refractivity contribution is 5.32. The lowest BCUT2D eigenvalue weighted by molar-refractivity contribution is 0.413. The van der Waals surface area contributed by atoms with Gasteiger partial charge in [-0.15, -0.1) is 0 Å². The molecule has 4 nitrogen and oxygen atoms in total. The summed E-state index contributed by atoms with van der Waals surface area (Å²) in [5.41, 5.74) is 2.52. The Balaban J connectivity index is 2.05. The standard InChI is InChI=1S/C16H17N3O/c1-12(13-5-3-7-15(9-13)20-2)19-11-14-6-4-8-18-16(14)10-17/h3-9,12,19H,11H2,1-2H3/t12-/m1/s1. The number of nitrogens with one attached hydrogen (secondary N) is 1. The number of benzene rings is 1. The molecule has 1 aromatic heterocycles. The third-order valence-corrected chi connectivity index (χ3v) is 3.19. The van der Waals surface area contributed by atoms with Crippen LogP contribution in [0.2, 0.25) is 0 Å². The molecule has 2 rings (SSSR count). The molecule has 0 fully saturated rings. The van der Waals surface area contributed by atoms with Gasteiger partial charge in [0.1, 0.15) is 17.5 Å². The lowest BCUT2D eigenvalue weighted by atomic mass is 10.1. The van der Waals surface area contributed by atoms with E-state index in [0.717, 1.165) is 16.9 Å². The van der Waals surface area contributed by atoms with E-state index in [1.165, 1.54) is 0 Å². The molecule has 4 heteroatoms. The molecule has 0 bridgehead atoms. The van der Waals surface area contributed by atoms with Crippen molar-refractivity contribution in [1.82, 2.24) is 10.3 Å². The molecule has 20 heavy (non-hydrogen) atoms. The first-order valence-electron chi connectivity index (χ1n) is 6.46. The molecule has 2 aromatic rings. The lowest BCUT2D eigenvalue weighted by Gasteiger charge is -2.15. The minimum Gasteiger partial charge on any atom is -0.497 e. The van der Waals surface area contributed by atoms with Gasteiger partial charge in [0.2, 0.25) is 0 Å². The summed E-state index contributed by atoms with van der Waals surface area (Å²) in [5.74, 6) is 0.843. The van der Waals surface area contributed by atoms with Crippen molar-refractivity contribution >= 4 is 0 Å². The van der Waals surface area contributed by atoms with Crippen LogP contribution in [0.4, 0.5) is 0 Å². The van der Waals surface area contributed by atoms with Gasteiger partial charge in [-0.05, 0) is 30.7 Å². The van der Waals surface area contributed by atoms with Gasteiger partial charge in [0, 0.05) is 24.3 Å². The van der Waals surface area contributed by atoms with Gasteiger partial charge in [-0.25, -0.2) is 4.98 Å². The summed E-state index contributed by atoms with van der Waals surface area (Å²) in [6.45, 7) is 2.69. The summed E-state index contributed by atoms with van der Waals surface area (Å²) in [5, 5.41) is 12.4. The van der Waals surface area contributed by atoms with Crippen LogP contribution in [0.5, 0.6) is 5.75 Å². The van der Waals surface area contributed by atoms with Crippen LogP contribution in [0, 0.1) is 11.3 Å². The summed E-state index contributed by atoms with van der Waals surface area (Å²) in [7, 11) is 1.66. The fourth-order valence-corrected chi connectivity index (χ4v) is 1.97. The lowest BCUT2D eigenvalue weighted by Crippen LogP contribution is -2.19. The SMILES string of the molecule is COc1cccc([C@@H](C)NCc2cccnc2C#N)c1. The van der Waals surface area contributed by atoms with E-state index in [0.29, 0.717) is 12.2 Å². The van der Waals surface area contributed by atoms with E-state index in [4.69, 9.17) is 10.00 Å². The number of nitriles is 1. The Kier molecular flexibility index (Phi) is 4.70. The average Bonchev–Trinajstić information content (AvgIpc) is 2.52. The molecule has 0 aliphatic heterocycles. The molecule has 1 aromatic carbocycles. The summed E-state index contributed by atoms with van der Waals surface area (Å²) in [6.07, 6.45) is 1.63. The smallest absolute Gasteiger partial charge is 0.144 e. The van der Waals surface area contributed by atoms with E-state index in [2.05, 4.69) is 29.4 Å². The van der Waals surface area contributed by atoms with Gasteiger partial charge in [-0.3, -0.25) is 0 Å². The second-order valence-electron chi connectivity index (χ2n) is 4.50. The Hall–Kier alpha value is -2.38. The fourth-order valence-electron chi connectivity index (χ4n) is 1.97. The maximum Gasteiger partial charge on any atom is 0.144 e. The Morgan fingerprint density at radius 3 is 2.95 bits per heavy atom. The van der Waals surface area contributed by atoms with E-state index in [9.17, 15) is 0 Å². The first kappa shape index (κ1) is 14.0. The van der Waals surface area contributed by atoms with Crippen LogP contribution in [0.15, 0.2) is 42.6 Å². The highest BCUT2D eigenvalue weighted by atomic mass is 16.5. The van der Waals surface area contributed by atoms with E-state index in [1.807, 2.05) is 30.3 Å². The van der Waals surface area contributed by atoms with Crippen LogP contribution in [-0.4, -0.2) is 12.1 Å². The van der Waals surface area contributed by atoms with Crippen LogP contribution in [0.1, 0.15) is 29.8 Å². The first-order valence-corrected chi connectivity index (χ1v) is 6.46. The quantitative estimate of drug-likeness (QED) is 0.905. The maximum atomic E-state index is 9.01. The topological polar surface area (TPSA) is 57.9 Å². The highest BCUT2D eigenvalue weighted by Gasteiger charge is 2.08. The van der Waals surface area contributed by atoms with Gasteiger partial charge < -0.3 is 10.1 Å². The van der Waals surface area contributed by atoms with Crippen LogP contribution in [0.25, 0.3) is 0 Å². The molecule has 102 valence electrons. The molecular formula is C16H17N3O. The molecule has 1 N–H and O–H groups in total. The fraction of sp³-hybridized carbons (Fsp3) is 0.250. The van der Waals surface area contributed by atoms with Crippen molar-refractivity contribution in [2.75, 3.05) is 7.11 Å². The van der Waals surface area contributed by atoms with Crippen molar-refractivity contribution in [3.05, 3.63) is 59.4 Å². The Labute approximate surface area is 119 Å². The third-order valence-electron chi connectivity index (χ3n) is 3.19. The van der Waals surface area contributed by atoms with Crippen molar-refractivity contribution in [3.63, 3.8) is 0 Å². The summed E-state index contributed by atoms with van der Waals surface area (Å²) < 4.78 is 5.22.